The third-order valence-corrected chi connectivity index (χ3v) is 4.99. The van der Waals surface area contributed by atoms with Crippen LogP contribution < -0.4 is 5.32 Å². The molecule has 29 heavy (non-hydrogen) atoms. The molecule has 5 rings (SSSR count). The normalized spacial score (nSPS) is 12.4. The SMILES string of the molecule is Cc1c(C(=O)NCc2ncon2)oc2c1-c1nn(Cc3ccccn3)cc1CC2. The summed E-state index contributed by atoms with van der Waals surface area (Å²) in [6, 6.07) is 5.83. The Balaban J connectivity index is 1.41. The van der Waals surface area contributed by atoms with Crippen molar-refractivity contribution in [3.63, 3.8) is 0 Å². The number of nitrogens with one attached hydrogen (secondary N) is 1. The minimum atomic E-state index is -0.309. The maximum absolute atomic E-state index is 12.6. The molecule has 0 spiro atoms. The minimum absolute atomic E-state index is 0.171. The molecular weight excluding hydrogens is 372 g/mol. The molecule has 1 N–H and O–H groups in total. The fourth-order valence-corrected chi connectivity index (χ4v) is 3.63. The van der Waals surface area contributed by atoms with E-state index in [1.165, 1.54) is 6.39 Å². The van der Waals surface area contributed by atoms with Crippen LogP contribution in [0.15, 0.2) is 45.9 Å². The highest BCUT2D eigenvalue weighted by molar-refractivity contribution is 5.95. The molecule has 146 valence electrons. The van der Waals surface area contributed by atoms with E-state index in [0.717, 1.165) is 46.7 Å². The number of amides is 1. The molecule has 4 aromatic heterocycles. The number of nitrogens with zero attached hydrogens (tertiary/aromatic N) is 5. The number of aromatic nitrogens is 5. The summed E-state index contributed by atoms with van der Waals surface area (Å²) in [5.41, 5.74) is 4.67. The van der Waals surface area contributed by atoms with Gasteiger partial charge in [0.25, 0.3) is 5.91 Å². The molecule has 0 bridgehead atoms. The molecule has 0 aliphatic heterocycles. The first-order valence-electron chi connectivity index (χ1n) is 9.31. The summed E-state index contributed by atoms with van der Waals surface area (Å²) >= 11 is 0. The number of furan rings is 1. The molecule has 0 saturated carbocycles. The molecule has 1 aliphatic rings. The molecule has 4 heterocycles. The summed E-state index contributed by atoms with van der Waals surface area (Å²) in [7, 11) is 0. The van der Waals surface area contributed by atoms with Crippen LogP contribution in [0.1, 0.15) is 39.0 Å². The van der Waals surface area contributed by atoms with Crippen LogP contribution in [-0.4, -0.2) is 30.8 Å². The van der Waals surface area contributed by atoms with E-state index in [0.29, 0.717) is 18.1 Å². The minimum Gasteiger partial charge on any atom is -0.455 e. The number of pyridine rings is 1. The molecule has 4 aromatic rings. The lowest BCUT2D eigenvalue weighted by molar-refractivity contribution is 0.0919. The van der Waals surface area contributed by atoms with Crippen LogP contribution in [0.4, 0.5) is 0 Å². The second kappa shape index (κ2) is 7.01. The summed E-state index contributed by atoms with van der Waals surface area (Å²) in [6.07, 6.45) is 6.60. The van der Waals surface area contributed by atoms with Gasteiger partial charge in [0.15, 0.2) is 11.6 Å². The van der Waals surface area contributed by atoms with E-state index in [9.17, 15) is 4.79 Å². The molecule has 0 unspecified atom stereocenters. The molecule has 9 heteroatoms. The average Bonchev–Trinajstić information content (AvgIpc) is 3.45. The fourth-order valence-electron chi connectivity index (χ4n) is 3.63. The van der Waals surface area contributed by atoms with Gasteiger partial charge >= 0.3 is 0 Å². The molecule has 1 aliphatic carbocycles. The van der Waals surface area contributed by atoms with Crippen molar-refractivity contribution in [1.82, 2.24) is 30.2 Å². The monoisotopic (exact) mass is 390 g/mol. The van der Waals surface area contributed by atoms with E-state index in [-0.39, 0.29) is 12.5 Å². The Kier molecular flexibility index (Phi) is 4.19. The fraction of sp³-hybridized carbons (Fsp3) is 0.250. The van der Waals surface area contributed by atoms with Crippen molar-refractivity contribution in [2.75, 3.05) is 0 Å². The van der Waals surface area contributed by atoms with Crippen LogP contribution in [0.25, 0.3) is 11.3 Å². The first-order valence-corrected chi connectivity index (χ1v) is 9.31. The second-order valence-corrected chi connectivity index (χ2v) is 6.91. The Hall–Kier alpha value is -3.75. The lowest BCUT2D eigenvalue weighted by atomic mass is 9.93. The summed E-state index contributed by atoms with van der Waals surface area (Å²) in [6.45, 7) is 2.65. The largest absolute Gasteiger partial charge is 0.455 e. The Morgan fingerprint density at radius 3 is 3.00 bits per heavy atom. The van der Waals surface area contributed by atoms with Gasteiger partial charge in [-0.15, -0.1) is 0 Å². The first-order chi connectivity index (χ1) is 14.2. The maximum Gasteiger partial charge on any atom is 0.287 e. The predicted octanol–water partition coefficient (Wildman–Crippen LogP) is 2.31. The number of aryl methyl sites for hydroxylation is 2. The van der Waals surface area contributed by atoms with Crippen molar-refractivity contribution in [3.8, 4) is 11.3 Å². The highest BCUT2D eigenvalue weighted by Crippen LogP contribution is 2.38. The molecule has 0 atom stereocenters. The van der Waals surface area contributed by atoms with Gasteiger partial charge in [-0.25, -0.2) is 0 Å². The Morgan fingerprint density at radius 1 is 1.28 bits per heavy atom. The zero-order valence-corrected chi connectivity index (χ0v) is 15.8. The van der Waals surface area contributed by atoms with Crippen molar-refractivity contribution in [2.24, 2.45) is 0 Å². The zero-order chi connectivity index (χ0) is 19.8. The molecule has 0 fully saturated rings. The summed E-state index contributed by atoms with van der Waals surface area (Å²) < 4.78 is 12.5. The van der Waals surface area contributed by atoms with Crippen LogP contribution in [0.2, 0.25) is 0 Å². The van der Waals surface area contributed by atoms with Gasteiger partial charge in [0, 0.05) is 29.9 Å². The summed E-state index contributed by atoms with van der Waals surface area (Å²) in [5.74, 6) is 1.19. The van der Waals surface area contributed by atoms with E-state index in [1.807, 2.05) is 29.8 Å². The molecule has 1 amide bonds. The molecule has 0 radical (unpaired) electrons. The van der Waals surface area contributed by atoms with Gasteiger partial charge in [-0.1, -0.05) is 11.2 Å². The highest BCUT2D eigenvalue weighted by Gasteiger charge is 2.29. The average molecular weight is 390 g/mol. The van der Waals surface area contributed by atoms with Crippen molar-refractivity contribution in [2.45, 2.75) is 32.9 Å². The number of hydrogen-bond donors (Lipinski definition) is 1. The first kappa shape index (κ1) is 17.4. The van der Waals surface area contributed by atoms with E-state index >= 15 is 0 Å². The van der Waals surface area contributed by atoms with Crippen LogP contribution in [0, 0.1) is 6.92 Å². The van der Waals surface area contributed by atoms with Gasteiger partial charge in [-0.05, 0) is 31.0 Å². The van der Waals surface area contributed by atoms with Gasteiger partial charge < -0.3 is 14.3 Å². The highest BCUT2D eigenvalue weighted by atomic mass is 16.5. The number of carbonyl (C=O) groups excluding carboxylic acids is 1. The Bertz CT molecular complexity index is 1160. The molecule has 9 nitrogen and oxygen atoms in total. The Morgan fingerprint density at radius 2 is 2.21 bits per heavy atom. The van der Waals surface area contributed by atoms with Gasteiger partial charge in [-0.2, -0.15) is 10.1 Å². The smallest absolute Gasteiger partial charge is 0.287 e. The van der Waals surface area contributed by atoms with Crippen LogP contribution in [0.3, 0.4) is 0 Å². The number of hydrogen-bond acceptors (Lipinski definition) is 7. The lowest BCUT2D eigenvalue weighted by Gasteiger charge is -2.09. The predicted molar refractivity (Wildman–Crippen MR) is 101 cm³/mol. The van der Waals surface area contributed by atoms with Crippen LogP contribution >= 0.6 is 0 Å². The quantitative estimate of drug-likeness (QED) is 0.556. The van der Waals surface area contributed by atoms with E-state index in [2.05, 4.69) is 31.2 Å². The zero-order valence-electron chi connectivity index (χ0n) is 15.8. The van der Waals surface area contributed by atoms with Crippen LogP contribution in [-0.2, 0) is 25.9 Å². The van der Waals surface area contributed by atoms with Crippen molar-refractivity contribution in [1.29, 1.82) is 0 Å². The van der Waals surface area contributed by atoms with E-state index in [1.54, 1.807) is 6.20 Å². The number of fused-ring (bicyclic) bond motifs is 3. The standard InChI is InChI=1S/C20H18N6O3/c1-12-17-15(29-19(12)20(27)22-8-16-23-11-28-25-16)6-5-13-9-26(24-18(13)17)10-14-4-2-3-7-21-14/h2-4,7,9,11H,5-6,8,10H2,1H3,(H,22,27). The number of carbonyl (C=O) groups is 1. The van der Waals surface area contributed by atoms with Crippen LogP contribution in [0.5, 0.6) is 0 Å². The summed E-state index contributed by atoms with van der Waals surface area (Å²) in [4.78, 5) is 20.9. The van der Waals surface area contributed by atoms with Crippen molar-refractivity contribution >= 4 is 5.91 Å². The Labute approximate surface area is 165 Å². The van der Waals surface area contributed by atoms with Crippen molar-refractivity contribution in [3.05, 3.63) is 71.2 Å². The van der Waals surface area contributed by atoms with Crippen molar-refractivity contribution < 1.29 is 13.7 Å². The third-order valence-electron chi connectivity index (χ3n) is 4.99. The lowest BCUT2D eigenvalue weighted by Crippen LogP contribution is -2.23. The topological polar surface area (TPSA) is 112 Å². The number of rotatable bonds is 5. The van der Waals surface area contributed by atoms with Gasteiger partial charge in [-0.3, -0.25) is 14.5 Å². The second-order valence-electron chi connectivity index (χ2n) is 6.91. The summed E-state index contributed by atoms with van der Waals surface area (Å²) in [5, 5.41) is 11.2. The van der Waals surface area contributed by atoms with Gasteiger partial charge in [0.1, 0.15) is 5.76 Å². The van der Waals surface area contributed by atoms with Gasteiger partial charge in [0.05, 0.1) is 24.5 Å². The molecule has 0 aromatic carbocycles. The molecule has 0 saturated heterocycles. The van der Waals surface area contributed by atoms with E-state index < -0.39 is 0 Å². The van der Waals surface area contributed by atoms with Gasteiger partial charge in [0.2, 0.25) is 6.39 Å². The third kappa shape index (κ3) is 3.20. The van der Waals surface area contributed by atoms with E-state index in [4.69, 9.17) is 9.52 Å². The molecular formula is C20H18N6O3. The maximum atomic E-state index is 12.6.